The van der Waals surface area contributed by atoms with Crippen LogP contribution in [0.5, 0.6) is 5.75 Å². The molecule has 0 saturated carbocycles. The van der Waals surface area contributed by atoms with E-state index < -0.39 is 0 Å². The van der Waals surface area contributed by atoms with Crippen LogP contribution in [0.3, 0.4) is 0 Å². The molecule has 1 N–H and O–H groups in total. The van der Waals surface area contributed by atoms with Gasteiger partial charge in [-0.1, -0.05) is 35.9 Å². The van der Waals surface area contributed by atoms with Gasteiger partial charge >= 0.3 is 0 Å². The number of nitrogens with one attached hydrogen (secondary N) is 1. The highest BCUT2D eigenvalue weighted by Crippen LogP contribution is 2.29. The zero-order valence-corrected chi connectivity index (χ0v) is 14.6. The van der Waals surface area contributed by atoms with Gasteiger partial charge in [0, 0.05) is 46.7 Å². The quantitative estimate of drug-likeness (QED) is 0.764. The number of para-hydroxylation sites is 1. The van der Waals surface area contributed by atoms with E-state index in [0.717, 1.165) is 34.6 Å². The standard InChI is InChI=1S/C20H19ClN2O2/c21-14-6-7-16-17-13-23(10-8-18(17)22-19(16)12-14)20(24)9-11-25-15-4-2-1-3-5-15/h1-7,12,22H,8-11,13H2. The Balaban J connectivity index is 1.41. The van der Waals surface area contributed by atoms with E-state index in [4.69, 9.17) is 16.3 Å². The normalized spacial score (nSPS) is 13.7. The summed E-state index contributed by atoms with van der Waals surface area (Å²) in [5, 5.41) is 1.87. The first-order chi connectivity index (χ1) is 12.2. The number of halogens is 1. The number of H-pyrrole nitrogens is 1. The van der Waals surface area contributed by atoms with Crippen LogP contribution in [0.25, 0.3) is 10.9 Å². The number of rotatable bonds is 4. The maximum Gasteiger partial charge on any atom is 0.226 e. The minimum absolute atomic E-state index is 0.130. The van der Waals surface area contributed by atoms with Crippen LogP contribution in [0.4, 0.5) is 0 Å². The van der Waals surface area contributed by atoms with Crippen LogP contribution in [0.15, 0.2) is 48.5 Å². The van der Waals surface area contributed by atoms with E-state index in [2.05, 4.69) is 4.98 Å². The smallest absolute Gasteiger partial charge is 0.226 e. The molecule has 0 fully saturated rings. The molecule has 0 radical (unpaired) electrons. The SMILES string of the molecule is O=C(CCOc1ccccc1)N1CCc2[nH]c3cc(Cl)ccc3c2C1. The molecule has 3 aromatic rings. The van der Waals surface area contributed by atoms with Gasteiger partial charge in [-0.3, -0.25) is 4.79 Å². The van der Waals surface area contributed by atoms with Crippen molar-refractivity contribution in [2.24, 2.45) is 0 Å². The van der Waals surface area contributed by atoms with Crippen molar-refractivity contribution in [1.29, 1.82) is 0 Å². The molecule has 0 saturated heterocycles. The molecule has 2 aromatic carbocycles. The van der Waals surface area contributed by atoms with Crippen molar-refractivity contribution in [3.63, 3.8) is 0 Å². The average molecular weight is 355 g/mol. The Morgan fingerprint density at radius 2 is 2.04 bits per heavy atom. The van der Waals surface area contributed by atoms with Crippen molar-refractivity contribution in [2.45, 2.75) is 19.4 Å². The average Bonchev–Trinajstić information content (AvgIpc) is 2.99. The zero-order valence-electron chi connectivity index (χ0n) is 13.8. The van der Waals surface area contributed by atoms with Crippen molar-refractivity contribution in [2.75, 3.05) is 13.2 Å². The fourth-order valence-electron chi connectivity index (χ4n) is 3.34. The summed E-state index contributed by atoms with van der Waals surface area (Å²) in [6.45, 7) is 1.77. The van der Waals surface area contributed by atoms with Gasteiger partial charge in [-0.25, -0.2) is 0 Å². The lowest BCUT2D eigenvalue weighted by Gasteiger charge is -2.27. The number of carbonyl (C=O) groups is 1. The van der Waals surface area contributed by atoms with Crippen molar-refractivity contribution in [3.05, 3.63) is 64.8 Å². The lowest BCUT2D eigenvalue weighted by molar-refractivity contribution is -0.132. The topological polar surface area (TPSA) is 45.3 Å². The van der Waals surface area contributed by atoms with Gasteiger partial charge in [-0.15, -0.1) is 0 Å². The molecule has 0 bridgehead atoms. The van der Waals surface area contributed by atoms with Crippen LogP contribution in [0.2, 0.25) is 5.02 Å². The number of aromatic nitrogens is 1. The maximum absolute atomic E-state index is 12.5. The predicted molar refractivity (Wildman–Crippen MR) is 99.0 cm³/mol. The Morgan fingerprint density at radius 3 is 2.88 bits per heavy atom. The molecule has 4 nitrogen and oxygen atoms in total. The fraction of sp³-hybridized carbons (Fsp3) is 0.250. The van der Waals surface area contributed by atoms with Crippen molar-refractivity contribution in [1.82, 2.24) is 9.88 Å². The monoisotopic (exact) mass is 354 g/mol. The van der Waals surface area contributed by atoms with Crippen LogP contribution in [0, 0.1) is 0 Å². The molecular formula is C20H19ClN2O2. The fourth-order valence-corrected chi connectivity index (χ4v) is 3.51. The maximum atomic E-state index is 12.5. The number of amides is 1. The van der Waals surface area contributed by atoms with E-state index in [0.29, 0.717) is 19.6 Å². The first-order valence-electron chi connectivity index (χ1n) is 8.45. The second-order valence-corrected chi connectivity index (χ2v) is 6.69. The number of hydrogen-bond donors (Lipinski definition) is 1. The van der Waals surface area contributed by atoms with Crippen LogP contribution in [-0.2, 0) is 17.8 Å². The Hall–Kier alpha value is -2.46. The minimum Gasteiger partial charge on any atom is -0.493 e. The highest BCUT2D eigenvalue weighted by Gasteiger charge is 2.23. The molecule has 2 heterocycles. The summed E-state index contributed by atoms with van der Waals surface area (Å²) < 4.78 is 5.64. The Labute approximate surface area is 151 Å². The van der Waals surface area contributed by atoms with Crippen molar-refractivity contribution in [3.8, 4) is 5.75 Å². The Bertz CT molecular complexity index is 905. The van der Waals surface area contributed by atoms with Crippen molar-refractivity contribution < 1.29 is 9.53 Å². The highest BCUT2D eigenvalue weighted by molar-refractivity contribution is 6.31. The Morgan fingerprint density at radius 1 is 1.20 bits per heavy atom. The van der Waals surface area contributed by atoms with E-state index in [9.17, 15) is 4.79 Å². The second-order valence-electron chi connectivity index (χ2n) is 6.25. The van der Waals surface area contributed by atoms with Crippen LogP contribution in [0.1, 0.15) is 17.7 Å². The first kappa shape index (κ1) is 16.0. The summed E-state index contributed by atoms with van der Waals surface area (Å²) in [6.07, 6.45) is 1.23. The third-order valence-electron chi connectivity index (χ3n) is 4.62. The number of nitrogens with zero attached hydrogens (tertiary/aromatic N) is 1. The Kier molecular flexibility index (Phi) is 4.36. The van der Waals surface area contributed by atoms with Crippen LogP contribution in [-0.4, -0.2) is 28.9 Å². The first-order valence-corrected chi connectivity index (χ1v) is 8.83. The van der Waals surface area contributed by atoms with Gasteiger partial charge in [0.2, 0.25) is 5.91 Å². The summed E-state index contributed by atoms with van der Waals surface area (Å²) in [5.41, 5.74) is 3.45. The molecule has 5 heteroatoms. The molecule has 1 amide bonds. The van der Waals surface area contributed by atoms with Crippen LogP contribution < -0.4 is 4.74 Å². The number of benzene rings is 2. The highest BCUT2D eigenvalue weighted by atomic mass is 35.5. The molecule has 0 atom stereocenters. The summed E-state index contributed by atoms with van der Waals surface area (Å²) in [5.74, 6) is 0.926. The number of carbonyl (C=O) groups excluding carboxylic acids is 1. The van der Waals surface area contributed by atoms with Gasteiger partial charge < -0.3 is 14.6 Å². The molecule has 0 unspecified atom stereocenters. The van der Waals surface area contributed by atoms with Gasteiger partial charge in [0.25, 0.3) is 0 Å². The van der Waals surface area contributed by atoms with Gasteiger partial charge in [0.15, 0.2) is 0 Å². The lowest BCUT2D eigenvalue weighted by atomic mass is 10.0. The molecule has 1 aromatic heterocycles. The largest absolute Gasteiger partial charge is 0.493 e. The number of ether oxygens (including phenoxy) is 1. The van der Waals surface area contributed by atoms with Gasteiger partial charge in [0.05, 0.1) is 13.0 Å². The number of aromatic amines is 1. The van der Waals surface area contributed by atoms with E-state index in [1.807, 2.05) is 53.4 Å². The van der Waals surface area contributed by atoms with E-state index >= 15 is 0 Å². The third-order valence-corrected chi connectivity index (χ3v) is 4.85. The van der Waals surface area contributed by atoms with Gasteiger partial charge in [0.1, 0.15) is 5.75 Å². The molecule has 128 valence electrons. The molecule has 1 aliphatic rings. The van der Waals surface area contributed by atoms with Crippen LogP contribution >= 0.6 is 11.6 Å². The molecule has 1 aliphatic heterocycles. The third kappa shape index (κ3) is 3.35. The molecule has 0 aliphatic carbocycles. The summed E-state index contributed by atoms with van der Waals surface area (Å²) in [7, 11) is 0. The van der Waals surface area contributed by atoms with Gasteiger partial charge in [-0.2, -0.15) is 0 Å². The predicted octanol–water partition coefficient (Wildman–Crippen LogP) is 4.18. The number of fused-ring (bicyclic) bond motifs is 3. The second kappa shape index (κ2) is 6.81. The van der Waals surface area contributed by atoms with E-state index in [1.54, 1.807) is 0 Å². The molecular weight excluding hydrogens is 336 g/mol. The minimum atomic E-state index is 0.130. The van der Waals surface area contributed by atoms with Gasteiger partial charge in [-0.05, 0) is 24.3 Å². The molecule has 4 rings (SSSR count). The molecule has 0 spiro atoms. The van der Waals surface area contributed by atoms with Crippen molar-refractivity contribution >= 4 is 28.4 Å². The van der Waals surface area contributed by atoms with E-state index in [-0.39, 0.29) is 5.91 Å². The molecule has 25 heavy (non-hydrogen) atoms. The van der Waals surface area contributed by atoms with E-state index in [1.165, 1.54) is 11.3 Å². The summed E-state index contributed by atoms with van der Waals surface area (Å²) >= 11 is 6.07. The summed E-state index contributed by atoms with van der Waals surface area (Å²) in [4.78, 5) is 17.9. The summed E-state index contributed by atoms with van der Waals surface area (Å²) in [6, 6.07) is 15.4. The lowest BCUT2D eigenvalue weighted by Crippen LogP contribution is -2.36. The zero-order chi connectivity index (χ0) is 17.2. The number of hydrogen-bond acceptors (Lipinski definition) is 2.